The number of benzene rings is 5. The van der Waals surface area contributed by atoms with Crippen molar-refractivity contribution in [1.82, 2.24) is 16.0 Å². The first-order valence-corrected chi connectivity index (χ1v) is 18.3. The van der Waals surface area contributed by atoms with Crippen LogP contribution in [0.4, 0.5) is 4.79 Å². The van der Waals surface area contributed by atoms with E-state index >= 15 is 0 Å². The Labute approximate surface area is 327 Å². The first kappa shape index (κ1) is 40.6. The van der Waals surface area contributed by atoms with Crippen LogP contribution in [0.1, 0.15) is 67.6 Å². The highest BCUT2D eigenvalue weighted by atomic mass is 16.6. The molecule has 5 aromatic rings. The molecule has 0 saturated heterocycles. The van der Waals surface area contributed by atoms with Gasteiger partial charge in [-0.2, -0.15) is 0 Å². The van der Waals surface area contributed by atoms with Crippen molar-refractivity contribution >= 4 is 23.9 Å². The van der Waals surface area contributed by atoms with Crippen LogP contribution in [0.15, 0.2) is 140 Å². The fraction of sp³-hybridized carbons (Fsp3) is 0.244. The summed E-state index contributed by atoms with van der Waals surface area (Å²) in [5.74, 6) is -0.912. The van der Waals surface area contributed by atoms with Crippen molar-refractivity contribution in [3.63, 3.8) is 0 Å². The predicted octanol–water partition coefficient (Wildman–Crippen LogP) is 7.52. The molecule has 0 aliphatic rings. The lowest BCUT2D eigenvalue weighted by molar-refractivity contribution is -0.149. The van der Waals surface area contributed by atoms with Gasteiger partial charge in [0.15, 0.2) is 6.04 Å². The highest BCUT2D eigenvalue weighted by molar-refractivity contribution is 5.93. The summed E-state index contributed by atoms with van der Waals surface area (Å²) in [5.41, 5.74) is 2.80. The molecule has 11 heteroatoms. The van der Waals surface area contributed by atoms with E-state index in [1.54, 1.807) is 69.3 Å². The van der Waals surface area contributed by atoms with Gasteiger partial charge in [-0.15, -0.1) is 0 Å². The summed E-state index contributed by atoms with van der Waals surface area (Å²) >= 11 is 0. The topological polar surface area (TPSA) is 141 Å². The number of hydrogen-bond acceptors (Lipinski definition) is 8. The van der Waals surface area contributed by atoms with Crippen LogP contribution < -0.4 is 25.4 Å². The summed E-state index contributed by atoms with van der Waals surface area (Å²) in [6.07, 6.45) is -0.823. The number of amides is 3. The van der Waals surface area contributed by atoms with E-state index in [-0.39, 0.29) is 6.61 Å². The molecular formula is C45H47N3O8. The van der Waals surface area contributed by atoms with Crippen LogP contribution in [-0.4, -0.2) is 35.5 Å². The van der Waals surface area contributed by atoms with Crippen LogP contribution in [0.2, 0.25) is 0 Å². The summed E-state index contributed by atoms with van der Waals surface area (Å²) in [7, 11) is 0. The van der Waals surface area contributed by atoms with E-state index < -0.39 is 47.6 Å². The molecule has 0 fully saturated rings. The lowest BCUT2D eigenvalue weighted by Crippen LogP contribution is -2.51. The Morgan fingerprint density at radius 3 is 1.39 bits per heavy atom. The van der Waals surface area contributed by atoms with Crippen molar-refractivity contribution in [1.29, 1.82) is 0 Å². The third-order valence-corrected chi connectivity index (χ3v) is 8.35. The number of carbonyl (C=O) groups is 4. The SMILES string of the molecule is C[C@H](NC(=O)[C@H](NC(=O)OC(C)(C)C)c1ccc(OCc2ccccc2)cc1)C(=O)N[C@@H](C(=O)OCc1ccccc1)c1ccc(OCc2ccccc2)cc1. The van der Waals surface area contributed by atoms with Gasteiger partial charge in [0.25, 0.3) is 0 Å². The maximum Gasteiger partial charge on any atom is 0.408 e. The number of rotatable bonds is 16. The summed E-state index contributed by atoms with van der Waals surface area (Å²) in [6.45, 7) is 7.29. The molecule has 3 N–H and O–H groups in total. The Morgan fingerprint density at radius 1 is 0.518 bits per heavy atom. The standard InChI is InChI=1S/C45H47N3O8/c1-31(46-42(50)39(48-44(52)56-45(2,3)4)35-20-24-37(25-21-35)53-28-32-14-8-5-9-15-32)41(49)47-40(43(51)55-30-34-18-12-7-13-19-34)36-22-26-38(27-23-36)54-29-33-16-10-6-11-17-33/h5-27,31,39-40H,28-30H2,1-4H3,(H,46,50)(H,47,49)(H,48,52)/t31-,39+,40+/m0/s1. The van der Waals surface area contributed by atoms with E-state index in [0.29, 0.717) is 35.8 Å². The van der Waals surface area contributed by atoms with E-state index in [4.69, 9.17) is 18.9 Å². The summed E-state index contributed by atoms with van der Waals surface area (Å²) in [4.78, 5) is 53.9. The molecule has 0 aliphatic carbocycles. The largest absolute Gasteiger partial charge is 0.489 e. The Balaban J connectivity index is 1.28. The molecule has 0 saturated carbocycles. The molecule has 0 heterocycles. The normalized spacial score (nSPS) is 12.6. The zero-order chi connectivity index (χ0) is 39.9. The maximum atomic E-state index is 13.8. The smallest absolute Gasteiger partial charge is 0.408 e. The van der Waals surface area contributed by atoms with Crippen LogP contribution in [0.25, 0.3) is 0 Å². The van der Waals surface area contributed by atoms with E-state index in [0.717, 1.165) is 16.7 Å². The van der Waals surface area contributed by atoms with Gasteiger partial charge in [-0.1, -0.05) is 115 Å². The van der Waals surface area contributed by atoms with E-state index in [1.165, 1.54) is 6.92 Å². The maximum absolute atomic E-state index is 13.8. The molecule has 0 aliphatic heterocycles. The van der Waals surface area contributed by atoms with Gasteiger partial charge in [0.2, 0.25) is 11.8 Å². The zero-order valence-electron chi connectivity index (χ0n) is 31.9. The van der Waals surface area contributed by atoms with Gasteiger partial charge < -0.3 is 34.9 Å². The molecule has 5 aromatic carbocycles. The Kier molecular flexibility index (Phi) is 14.2. The van der Waals surface area contributed by atoms with Gasteiger partial charge in [0.1, 0.15) is 49.0 Å². The number of ether oxygens (including phenoxy) is 4. The van der Waals surface area contributed by atoms with Gasteiger partial charge in [0, 0.05) is 0 Å². The molecule has 3 atom stereocenters. The van der Waals surface area contributed by atoms with Crippen molar-refractivity contribution in [3.8, 4) is 11.5 Å². The second kappa shape index (κ2) is 19.6. The van der Waals surface area contributed by atoms with Gasteiger partial charge in [-0.05, 0) is 79.8 Å². The first-order chi connectivity index (χ1) is 26.9. The van der Waals surface area contributed by atoms with Gasteiger partial charge >= 0.3 is 12.1 Å². The molecule has 0 radical (unpaired) electrons. The third-order valence-electron chi connectivity index (χ3n) is 8.35. The molecule has 5 rings (SSSR count). The summed E-state index contributed by atoms with van der Waals surface area (Å²) in [5, 5.41) is 8.04. The zero-order valence-corrected chi connectivity index (χ0v) is 31.9. The number of hydrogen-bond donors (Lipinski definition) is 3. The minimum Gasteiger partial charge on any atom is -0.489 e. The molecule has 11 nitrogen and oxygen atoms in total. The quantitative estimate of drug-likeness (QED) is 0.0879. The van der Waals surface area contributed by atoms with E-state index in [2.05, 4.69) is 16.0 Å². The minimum atomic E-state index is -1.24. The monoisotopic (exact) mass is 757 g/mol. The van der Waals surface area contributed by atoms with E-state index in [1.807, 2.05) is 91.0 Å². The minimum absolute atomic E-state index is 0.00922. The van der Waals surface area contributed by atoms with Gasteiger partial charge in [-0.25, -0.2) is 9.59 Å². The second-order valence-corrected chi connectivity index (χ2v) is 14.0. The van der Waals surface area contributed by atoms with Crippen LogP contribution >= 0.6 is 0 Å². The van der Waals surface area contributed by atoms with Crippen molar-refractivity contribution in [3.05, 3.63) is 167 Å². The molecule has 3 amide bonds. The predicted molar refractivity (Wildman–Crippen MR) is 211 cm³/mol. The molecular weight excluding hydrogens is 711 g/mol. The van der Waals surface area contributed by atoms with Crippen molar-refractivity contribution in [2.75, 3.05) is 0 Å². The lowest BCUT2D eigenvalue weighted by Gasteiger charge is -2.25. The van der Waals surface area contributed by atoms with Crippen LogP contribution in [-0.2, 0) is 43.7 Å². The molecule has 0 aromatic heterocycles. The Morgan fingerprint density at radius 2 is 0.946 bits per heavy atom. The average Bonchev–Trinajstić information content (AvgIpc) is 3.20. The highest BCUT2D eigenvalue weighted by Crippen LogP contribution is 2.23. The number of esters is 1. The fourth-order valence-corrected chi connectivity index (χ4v) is 5.44. The van der Waals surface area contributed by atoms with Crippen LogP contribution in [0, 0.1) is 0 Å². The molecule has 0 bridgehead atoms. The highest BCUT2D eigenvalue weighted by Gasteiger charge is 2.31. The second-order valence-electron chi connectivity index (χ2n) is 14.0. The molecule has 0 unspecified atom stereocenters. The Bertz CT molecular complexity index is 2020. The fourth-order valence-electron chi connectivity index (χ4n) is 5.44. The Hall–Kier alpha value is -6.62. The van der Waals surface area contributed by atoms with Gasteiger partial charge in [-0.3, -0.25) is 9.59 Å². The molecule has 56 heavy (non-hydrogen) atoms. The summed E-state index contributed by atoms with van der Waals surface area (Å²) < 4.78 is 22.9. The van der Waals surface area contributed by atoms with E-state index in [9.17, 15) is 19.2 Å². The molecule has 0 spiro atoms. The summed E-state index contributed by atoms with van der Waals surface area (Å²) in [6, 6.07) is 38.4. The van der Waals surface area contributed by atoms with Crippen molar-refractivity contribution in [2.45, 2.75) is 71.2 Å². The van der Waals surface area contributed by atoms with Crippen molar-refractivity contribution in [2.24, 2.45) is 0 Å². The molecule has 290 valence electrons. The first-order valence-electron chi connectivity index (χ1n) is 18.3. The number of nitrogens with one attached hydrogen (secondary N) is 3. The average molecular weight is 758 g/mol. The number of carbonyl (C=O) groups excluding carboxylic acids is 4. The van der Waals surface area contributed by atoms with Crippen molar-refractivity contribution < 1.29 is 38.1 Å². The van der Waals surface area contributed by atoms with Crippen LogP contribution in [0.3, 0.4) is 0 Å². The van der Waals surface area contributed by atoms with Gasteiger partial charge in [0.05, 0.1) is 0 Å². The third kappa shape index (κ3) is 12.8. The number of alkyl carbamates (subject to hydrolysis) is 1. The lowest BCUT2D eigenvalue weighted by atomic mass is 10.0. The van der Waals surface area contributed by atoms with Crippen LogP contribution in [0.5, 0.6) is 11.5 Å².